The van der Waals surface area contributed by atoms with Gasteiger partial charge >= 0.3 is 0 Å². The first kappa shape index (κ1) is 14.5. The molecular formula is C14H21FN2O. The molecule has 0 fully saturated rings. The molecule has 1 unspecified atom stereocenters. The van der Waals surface area contributed by atoms with Crippen molar-refractivity contribution >= 4 is 11.6 Å². The molecule has 0 bridgehead atoms. The fraction of sp³-hybridized carbons (Fsp3) is 0.500. The Labute approximate surface area is 108 Å². The number of carbonyl (C=O) groups is 1. The van der Waals surface area contributed by atoms with Crippen molar-refractivity contribution in [2.24, 2.45) is 0 Å². The quantitative estimate of drug-likeness (QED) is 0.817. The van der Waals surface area contributed by atoms with Gasteiger partial charge in [-0.1, -0.05) is 19.9 Å². The molecule has 0 aromatic heterocycles. The van der Waals surface area contributed by atoms with Crippen molar-refractivity contribution in [1.82, 2.24) is 5.32 Å². The van der Waals surface area contributed by atoms with E-state index in [1.165, 1.54) is 12.1 Å². The Kier molecular flexibility index (Phi) is 5.62. The lowest BCUT2D eigenvalue weighted by Crippen LogP contribution is -2.42. The lowest BCUT2D eigenvalue weighted by molar-refractivity contribution is -0.122. The van der Waals surface area contributed by atoms with Gasteiger partial charge in [-0.2, -0.15) is 0 Å². The molecular weight excluding hydrogens is 231 g/mol. The lowest BCUT2D eigenvalue weighted by Gasteiger charge is -2.20. The summed E-state index contributed by atoms with van der Waals surface area (Å²) >= 11 is 0. The second-order valence-corrected chi connectivity index (χ2v) is 4.40. The molecule has 1 atom stereocenters. The van der Waals surface area contributed by atoms with Gasteiger partial charge in [0.2, 0.25) is 5.91 Å². The van der Waals surface area contributed by atoms with Crippen LogP contribution in [0.3, 0.4) is 0 Å². The lowest BCUT2D eigenvalue weighted by atomic mass is 10.1. The van der Waals surface area contributed by atoms with E-state index in [1.54, 1.807) is 19.1 Å². The first-order valence-corrected chi connectivity index (χ1v) is 6.39. The monoisotopic (exact) mass is 252 g/mol. The zero-order chi connectivity index (χ0) is 13.5. The third kappa shape index (κ3) is 4.35. The number of hydrogen-bond donors (Lipinski definition) is 2. The fourth-order valence-electron chi connectivity index (χ4n) is 1.71. The summed E-state index contributed by atoms with van der Waals surface area (Å²) in [4.78, 5) is 11.9. The van der Waals surface area contributed by atoms with Gasteiger partial charge in [0.1, 0.15) is 11.9 Å². The molecule has 0 saturated heterocycles. The van der Waals surface area contributed by atoms with E-state index in [4.69, 9.17) is 0 Å². The molecule has 1 rings (SSSR count). The zero-order valence-electron chi connectivity index (χ0n) is 11.2. The summed E-state index contributed by atoms with van der Waals surface area (Å²) in [5, 5.41) is 5.94. The van der Waals surface area contributed by atoms with Gasteiger partial charge in [-0.05, 0) is 38.0 Å². The summed E-state index contributed by atoms with van der Waals surface area (Å²) in [6, 6.07) is 5.93. The van der Waals surface area contributed by atoms with Crippen molar-refractivity contribution in [3.05, 3.63) is 30.1 Å². The Morgan fingerprint density at radius 3 is 2.56 bits per heavy atom. The first-order valence-electron chi connectivity index (χ1n) is 6.39. The van der Waals surface area contributed by atoms with Gasteiger partial charge in [-0.25, -0.2) is 4.39 Å². The minimum atomic E-state index is -0.382. The summed E-state index contributed by atoms with van der Waals surface area (Å²) < 4.78 is 13.0. The molecule has 2 N–H and O–H groups in total. The molecule has 0 saturated carbocycles. The summed E-state index contributed by atoms with van der Waals surface area (Å²) in [7, 11) is 0. The predicted octanol–water partition coefficient (Wildman–Crippen LogP) is 2.93. The normalized spacial score (nSPS) is 12.3. The fourth-order valence-corrected chi connectivity index (χ4v) is 1.71. The third-order valence-corrected chi connectivity index (χ3v) is 2.93. The van der Waals surface area contributed by atoms with Crippen molar-refractivity contribution in [3.8, 4) is 0 Å². The highest BCUT2D eigenvalue weighted by Crippen LogP contribution is 2.10. The Hall–Kier alpha value is -1.58. The van der Waals surface area contributed by atoms with E-state index in [0.717, 1.165) is 12.8 Å². The number of anilines is 1. The maximum atomic E-state index is 13.0. The molecule has 0 heterocycles. The Bertz CT molecular complexity index is 391. The zero-order valence-corrected chi connectivity index (χ0v) is 11.2. The van der Waals surface area contributed by atoms with Gasteiger partial charge in [0.25, 0.3) is 0 Å². The van der Waals surface area contributed by atoms with E-state index in [0.29, 0.717) is 5.69 Å². The number of hydrogen-bond acceptors (Lipinski definition) is 2. The van der Waals surface area contributed by atoms with E-state index in [2.05, 4.69) is 10.6 Å². The van der Waals surface area contributed by atoms with Crippen LogP contribution in [0.2, 0.25) is 0 Å². The molecule has 0 spiro atoms. The number of rotatable bonds is 6. The average Bonchev–Trinajstić information content (AvgIpc) is 2.35. The van der Waals surface area contributed by atoms with Gasteiger partial charge in [-0.3, -0.25) is 4.79 Å². The van der Waals surface area contributed by atoms with E-state index in [9.17, 15) is 9.18 Å². The molecule has 3 nitrogen and oxygen atoms in total. The molecule has 100 valence electrons. The van der Waals surface area contributed by atoms with Crippen LogP contribution in [0.1, 0.15) is 33.6 Å². The minimum Gasteiger partial charge on any atom is -0.374 e. The topological polar surface area (TPSA) is 41.1 Å². The van der Waals surface area contributed by atoms with Crippen LogP contribution in [-0.4, -0.2) is 18.0 Å². The summed E-state index contributed by atoms with van der Waals surface area (Å²) in [5.74, 6) is -0.374. The highest BCUT2D eigenvalue weighted by molar-refractivity contribution is 5.84. The van der Waals surface area contributed by atoms with Gasteiger partial charge in [0, 0.05) is 11.7 Å². The van der Waals surface area contributed by atoms with Gasteiger partial charge in [-0.15, -0.1) is 0 Å². The summed E-state index contributed by atoms with van der Waals surface area (Å²) in [5.41, 5.74) is 0.613. The maximum absolute atomic E-state index is 13.0. The van der Waals surface area contributed by atoms with Crippen molar-refractivity contribution in [3.63, 3.8) is 0 Å². The van der Waals surface area contributed by atoms with Gasteiger partial charge < -0.3 is 10.6 Å². The Morgan fingerprint density at radius 2 is 2.00 bits per heavy atom. The molecule has 1 aromatic carbocycles. The highest BCUT2D eigenvalue weighted by atomic mass is 19.1. The average molecular weight is 252 g/mol. The number of carbonyl (C=O) groups excluding carboxylic acids is 1. The van der Waals surface area contributed by atoms with Crippen LogP contribution in [0, 0.1) is 5.82 Å². The summed E-state index contributed by atoms with van der Waals surface area (Å²) in [6.45, 7) is 5.85. The molecule has 18 heavy (non-hydrogen) atoms. The summed E-state index contributed by atoms with van der Waals surface area (Å²) in [6.07, 6.45) is 1.82. The minimum absolute atomic E-state index is 0.0621. The maximum Gasteiger partial charge on any atom is 0.242 e. The predicted molar refractivity (Wildman–Crippen MR) is 72.0 cm³/mol. The van der Waals surface area contributed by atoms with E-state index in [1.807, 2.05) is 13.8 Å². The van der Waals surface area contributed by atoms with E-state index >= 15 is 0 Å². The molecule has 4 heteroatoms. The molecule has 0 radical (unpaired) electrons. The second kappa shape index (κ2) is 6.99. The van der Waals surface area contributed by atoms with Crippen LogP contribution < -0.4 is 10.6 Å². The van der Waals surface area contributed by atoms with Crippen LogP contribution in [0.25, 0.3) is 0 Å². The molecule has 0 aliphatic rings. The molecule has 1 amide bonds. The van der Waals surface area contributed by atoms with Crippen molar-refractivity contribution in [1.29, 1.82) is 0 Å². The third-order valence-electron chi connectivity index (χ3n) is 2.93. The second-order valence-electron chi connectivity index (χ2n) is 4.40. The molecule has 0 aliphatic heterocycles. The van der Waals surface area contributed by atoms with Crippen molar-refractivity contribution < 1.29 is 9.18 Å². The van der Waals surface area contributed by atoms with Crippen LogP contribution in [0.15, 0.2) is 24.3 Å². The van der Waals surface area contributed by atoms with Crippen molar-refractivity contribution in [2.45, 2.75) is 45.7 Å². The van der Waals surface area contributed by atoms with Gasteiger partial charge in [0.05, 0.1) is 0 Å². The standard InChI is InChI=1S/C14H21FN2O/c1-4-12(5-2)17-14(18)10(3)16-13-8-6-7-11(15)9-13/h6-10,12,16H,4-5H2,1-3H3,(H,17,18). The number of nitrogens with one attached hydrogen (secondary N) is 2. The van der Waals surface area contributed by atoms with Crippen LogP contribution in [-0.2, 0) is 4.79 Å². The van der Waals surface area contributed by atoms with Crippen LogP contribution in [0.4, 0.5) is 10.1 Å². The smallest absolute Gasteiger partial charge is 0.242 e. The largest absolute Gasteiger partial charge is 0.374 e. The first-order chi connectivity index (χ1) is 8.56. The Morgan fingerprint density at radius 1 is 1.33 bits per heavy atom. The Balaban J connectivity index is 2.54. The number of halogens is 1. The van der Waals surface area contributed by atoms with E-state index in [-0.39, 0.29) is 23.8 Å². The number of amides is 1. The molecule has 0 aliphatic carbocycles. The SMILES string of the molecule is CCC(CC)NC(=O)C(C)Nc1cccc(F)c1. The highest BCUT2D eigenvalue weighted by Gasteiger charge is 2.15. The van der Waals surface area contributed by atoms with Crippen LogP contribution in [0.5, 0.6) is 0 Å². The molecule has 1 aromatic rings. The van der Waals surface area contributed by atoms with Crippen LogP contribution >= 0.6 is 0 Å². The van der Waals surface area contributed by atoms with Gasteiger partial charge in [0.15, 0.2) is 0 Å². The number of benzene rings is 1. The van der Waals surface area contributed by atoms with Crippen molar-refractivity contribution in [2.75, 3.05) is 5.32 Å². The van der Waals surface area contributed by atoms with E-state index < -0.39 is 0 Å².